The van der Waals surface area contributed by atoms with Crippen molar-refractivity contribution in [1.82, 2.24) is 24.9 Å². The molecule has 0 N–H and O–H groups in total. The molecule has 8 aromatic carbocycles. The third-order valence-electron chi connectivity index (χ3n) is 12.4. The van der Waals surface area contributed by atoms with Crippen LogP contribution in [0.1, 0.15) is 0 Å². The number of aromatic nitrogens is 5. The van der Waals surface area contributed by atoms with Gasteiger partial charge in [-0.15, -0.1) is 0 Å². The highest BCUT2D eigenvalue weighted by molar-refractivity contribution is 6.09. The molecule has 4 aromatic heterocycles. The van der Waals surface area contributed by atoms with Gasteiger partial charge in [0.15, 0.2) is 5.82 Å². The molecule has 0 saturated carbocycles. The number of pyridine rings is 3. The molecule has 0 amide bonds. The quantitative estimate of drug-likeness (QED) is 0.143. The fraction of sp³-hybridized carbons (Fsp3) is 0. The van der Waals surface area contributed by atoms with Crippen molar-refractivity contribution in [2.75, 3.05) is 0 Å². The second kappa shape index (κ2) is 16.6. The van der Waals surface area contributed by atoms with Crippen molar-refractivity contribution in [3.63, 3.8) is 0 Å². The van der Waals surface area contributed by atoms with Crippen molar-refractivity contribution in [2.45, 2.75) is 0 Å². The van der Waals surface area contributed by atoms with Crippen molar-refractivity contribution >= 4 is 32.6 Å². The van der Waals surface area contributed by atoms with Gasteiger partial charge in [-0.3, -0.25) is 4.98 Å². The number of fused-ring (bicyclic) bond motifs is 4. The Morgan fingerprint density at radius 3 is 1.53 bits per heavy atom. The van der Waals surface area contributed by atoms with E-state index in [1.807, 2.05) is 42.7 Å². The van der Waals surface area contributed by atoms with E-state index in [-0.39, 0.29) is 0 Å². The van der Waals surface area contributed by atoms with Crippen LogP contribution in [-0.2, 0) is 0 Å². The Labute approximate surface area is 382 Å². The van der Waals surface area contributed by atoms with Crippen LogP contribution in [0.2, 0.25) is 0 Å². The molecule has 0 aliphatic heterocycles. The third kappa shape index (κ3) is 7.34. The van der Waals surface area contributed by atoms with Gasteiger partial charge in [-0.25, -0.2) is 19.9 Å². The van der Waals surface area contributed by atoms with Crippen LogP contribution in [0, 0.1) is 0 Å². The smallest absolute Gasteiger partial charge is 0.160 e. The first-order valence-electron chi connectivity index (χ1n) is 22.1. The molecule has 12 aromatic rings. The summed E-state index contributed by atoms with van der Waals surface area (Å²) in [6, 6.07) is 78.2. The van der Waals surface area contributed by atoms with Crippen molar-refractivity contribution in [1.29, 1.82) is 0 Å². The molecule has 0 fully saturated rings. The van der Waals surface area contributed by atoms with Crippen LogP contribution in [0.15, 0.2) is 237 Å². The minimum Gasteiger partial charge on any atom is -0.263 e. The first-order chi connectivity index (χ1) is 32.7. The molecule has 0 aliphatic rings. The van der Waals surface area contributed by atoms with E-state index in [9.17, 15) is 0 Å². The summed E-state index contributed by atoms with van der Waals surface area (Å²) in [5.41, 5.74) is 17.0. The fourth-order valence-corrected chi connectivity index (χ4v) is 8.99. The monoisotopic (exact) mass is 841 g/mol. The van der Waals surface area contributed by atoms with E-state index < -0.39 is 0 Å². The van der Waals surface area contributed by atoms with Gasteiger partial charge in [0.25, 0.3) is 0 Å². The largest absolute Gasteiger partial charge is 0.263 e. The van der Waals surface area contributed by atoms with E-state index in [0.717, 1.165) is 117 Å². The lowest BCUT2D eigenvalue weighted by Gasteiger charge is -2.14. The van der Waals surface area contributed by atoms with Gasteiger partial charge in [0.1, 0.15) is 0 Å². The van der Waals surface area contributed by atoms with E-state index in [2.05, 4.69) is 199 Å². The molecule has 0 saturated heterocycles. The highest BCUT2D eigenvalue weighted by Crippen LogP contribution is 2.38. The van der Waals surface area contributed by atoms with E-state index in [1.165, 1.54) is 0 Å². The molecule has 0 aliphatic carbocycles. The van der Waals surface area contributed by atoms with Crippen molar-refractivity contribution in [2.24, 2.45) is 0 Å². The van der Waals surface area contributed by atoms with E-state index in [0.29, 0.717) is 5.82 Å². The molecule has 5 heteroatoms. The highest BCUT2D eigenvalue weighted by atomic mass is 14.9. The van der Waals surface area contributed by atoms with E-state index >= 15 is 0 Å². The normalized spacial score (nSPS) is 11.3. The number of rotatable bonds is 8. The molecule has 0 spiro atoms. The fourth-order valence-electron chi connectivity index (χ4n) is 8.99. The maximum atomic E-state index is 5.40. The van der Waals surface area contributed by atoms with Crippen LogP contribution in [0.4, 0.5) is 0 Å². The molecular formula is C61H39N5. The summed E-state index contributed by atoms with van der Waals surface area (Å²) in [4.78, 5) is 25.6. The Kier molecular flexibility index (Phi) is 9.77. The number of hydrogen-bond acceptors (Lipinski definition) is 5. The molecular weight excluding hydrogens is 803 g/mol. The van der Waals surface area contributed by atoms with Crippen molar-refractivity contribution < 1.29 is 0 Å². The maximum absolute atomic E-state index is 5.40. The summed E-state index contributed by atoms with van der Waals surface area (Å²) in [6.07, 6.45) is 3.86. The van der Waals surface area contributed by atoms with Crippen LogP contribution in [0.5, 0.6) is 0 Å². The summed E-state index contributed by atoms with van der Waals surface area (Å²) < 4.78 is 0. The highest BCUT2D eigenvalue weighted by Gasteiger charge is 2.16. The van der Waals surface area contributed by atoms with Gasteiger partial charge in [-0.2, -0.15) is 0 Å². The van der Waals surface area contributed by atoms with Gasteiger partial charge in [0.2, 0.25) is 0 Å². The summed E-state index contributed by atoms with van der Waals surface area (Å²) in [6.45, 7) is 0. The number of nitrogens with zero attached hydrogens (tertiary/aromatic N) is 5. The summed E-state index contributed by atoms with van der Waals surface area (Å²) in [7, 11) is 0. The summed E-state index contributed by atoms with van der Waals surface area (Å²) in [5.74, 6) is 0.661. The zero-order chi connectivity index (χ0) is 43.8. The van der Waals surface area contributed by atoms with Gasteiger partial charge in [0.05, 0.1) is 33.8 Å². The first-order valence-corrected chi connectivity index (χ1v) is 22.1. The topological polar surface area (TPSA) is 64.5 Å². The van der Waals surface area contributed by atoms with Gasteiger partial charge >= 0.3 is 0 Å². The van der Waals surface area contributed by atoms with Crippen LogP contribution in [-0.4, -0.2) is 24.9 Å². The second-order valence-corrected chi connectivity index (χ2v) is 16.5. The average molecular weight is 842 g/mol. The van der Waals surface area contributed by atoms with Crippen LogP contribution in [0.3, 0.4) is 0 Å². The van der Waals surface area contributed by atoms with Crippen LogP contribution in [0.25, 0.3) is 122 Å². The second-order valence-electron chi connectivity index (χ2n) is 16.5. The molecule has 0 atom stereocenters. The molecule has 0 bridgehead atoms. The van der Waals surface area contributed by atoms with Crippen LogP contribution < -0.4 is 0 Å². The van der Waals surface area contributed by atoms with Gasteiger partial charge in [-0.1, -0.05) is 194 Å². The molecule has 4 heterocycles. The Balaban J connectivity index is 0.927. The third-order valence-corrected chi connectivity index (χ3v) is 12.4. The number of hydrogen-bond donors (Lipinski definition) is 0. The maximum Gasteiger partial charge on any atom is 0.160 e. The molecule has 308 valence electrons. The lowest BCUT2D eigenvalue weighted by molar-refractivity contribution is 1.18. The lowest BCUT2D eigenvalue weighted by Crippen LogP contribution is -1.96. The van der Waals surface area contributed by atoms with Gasteiger partial charge < -0.3 is 0 Å². The zero-order valence-corrected chi connectivity index (χ0v) is 35.8. The summed E-state index contributed by atoms with van der Waals surface area (Å²) >= 11 is 0. The average Bonchev–Trinajstić information content (AvgIpc) is 3.41. The van der Waals surface area contributed by atoms with Crippen molar-refractivity contribution in [3.05, 3.63) is 237 Å². The van der Waals surface area contributed by atoms with Gasteiger partial charge in [0, 0.05) is 61.9 Å². The Bertz CT molecular complexity index is 3730. The summed E-state index contributed by atoms with van der Waals surface area (Å²) in [5, 5.41) is 4.39. The first kappa shape index (κ1) is 38.7. The Morgan fingerprint density at radius 1 is 0.242 bits per heavy atom. The standard InChI is InChI=1S/C61H39N5/c1-4-14-41(15-5-1)53-36-56(64-60-52(53)32-30-44-31-33-55(63-59(44)60)42-16-6-2-7-17-42)48-23-12-21-46(34-48)40-26-28-45(29-27-40)61-65-57(43-18-8-3-9-19-43)37-58(66-61)49-24-13-22-47(35-49)54-39-62-38-50-20-10-11-25-51(50)54/h1-39H. The molecule has 66 heavy (non-hydrogen) atoms. The van der Waals surface area contributed by atoms with Gasteiger partial charge in [-0.05, 0) is 63.5 Å². The predicted molar refractivity (Wildman–Crippen MR) is 271 cm³/mol. The molecule has 12 rings (SSSR count). The van der Waals surface area contributed by atoms with Crippen molar-refractivity contribution in [3.8, 4) is 89.8 Å². The predicted octanol–water partition coefficient (Wildman–Crippen LogP) is 15.5. The Morgan fingerprint density at radius 2 is 0.788 bits per heavy atom. The van der Waals surface area contributed by atoms with Crippen LogP contribution >= 0.6 is 0 Å². The molecule has 0 radical (unpaired) electrons. The van der Waals surface area contributed by atoms with E-state index in [4.69, 9.17) is 19.9 Å². The molecule has 0 unspecified atom stereocenters. The minimum absolute atomic E-state index is 0.661. The zero-order valence-electron chi connectivity index (χ0n) is 35.8. The lowest BCUT2D eigenvalue weighted by atomic mass is 9.95. The molecule has 5 nitrogen and oxygen atoms in total. The van der Waals surface area contributed by atoms with E-state index in [1.54, 1.807) is 0 Å². The SMILES string of the molecule is c1ccc(-c2cc(-c3cccc(-c4cncc5ccccc45)c3)nc(-c3ccc(-c4cccc(-c5cc(-c6ccccc6)c6ccc7ccc(-c8ccccc8)nc7c6n5)c4)cc3)n2)cc1. The minimum atomic E-state index is 0.661. The Hall–Kier alpha value is -8.93. The number of benzene rings is 8.